The number of ether oxygens (including phenoxy) is 1. The fourth-order valence-corrected chi connectivity index (χ4v) is 4.24. The Kier molecular flexibility index (Phi) is 6.78. The zero-order valence-electron chi connectivity index (χ0n) is 17.4. The number of hydrogen-bond acceptors (Lipinski definition) is 6. The van der Waals surface area contributed by atoms with Crippen LogP contribution in [0.15, 0.2) is 23.4 Å². The van der Waals surface area contributed by atoms with Gasteiger partial charge in [0.1, 0.15) is 0 Å². The quantitative estimate of drug-likeness (QED) is 0.519. The third kappa shape index (κ3) is 4.75. The van der Waals surface area contributed by atoms with E-state index in [0.29, 0.717) is 19.1 Å². The average molecular weight is 403 g/mol. The van der Waals surface area contributed by atoms with Crippen molar-refractivity contribution < 1.29 is 9.53 Å². The molecule has 0 spiro atoms. The van der Waals surface area contributed by atoms with Crippen molar-refractivity contribution in [2.45, 2.75) is 51.6 Å². The Morgan fingerprint density at radius 1 is 1.18 bits per heavy atom. The van der Waals surface area contributed by atoms with E-state index in [9.17, 15) is 4.79 Å². The van der Waals surface area contributed by atoms with Crippen molar-refractivity contribution >= 4 is 23.5 Å². The minimum absolute atomic E-state index is 0.137. The summed E-state index contributed by atoms with van der Waals surface area (Å²) in [5.74, 6) is 1.48. The Hall–Kier alpha value is -1.86. The third-order valence-corrected chi connectivity index (χ3v) is 5.93. The standard InChI is InChI=1S/C21H30N4O2S/c1-14(2)13-25-20(24-8-10-27-11-9-24)22-23-21(25)28-17(5)19(26)18-12-15(3)6-7-16(18)4/h6-7,12,14,17H,8-11,13H2,1-5H3. The van der Waals surface area contributed by atoms with Crippen LogP contribution in [-0.4, -0.2) is 52.1 Å². The largest absolute Gasteiger partial charge is 0.378 e. The Labute approximate surface area is 171 Å². The minimum Gasteiger partial charge on any atom is -0.378 e. The van der Waals surface area contributed by atoms with E-state index in [1.807, 2.05) is 39.0 Å². The summed E-state index contributed by atoms with van der Waals surface area (Å²) in [6.07, 6.45) is 0. The molecule has 2 aromatic rings. The Morgan fingerprint density at radius 2 is 1.89 bits per heavy atom. The maximum atomic E-state index is 13.1. The van der Waals surface area contributed by atoms with Crippen LogP contribution < -0.4 is 4.90 Å². The first-order valence-corrected chi connectivity index (χ1v) is 10.8. The molecule has 0 aliphatic carbocycles. The van der Waals surface area contributed by atoms with E-state index in [1.54, 1.807) is 0 Å². The highest BCUT2D eigenvalue weighted by atomic mass is 32.2. The van der Waals surface area contributed by atoms with Gasteiger partial charge in [0.05, 0.1) is 18.5 Å². The van der Waals surface area contributed by atoms with Gasteiger partial charge in [0.15, 0.2) is 10.9 Å². The van der Waals surface area contributed by atoms with Gasteiger partial charge >= 0.3 is 0 Å². The number of rotatable bonds is 7. The van der Waals surface area contributed by atoms with Crippen LogP contribution in [0, 0.1) is 19.8 Å². The van der Waals surface area contributed by atoms with Crippen LogP contribution >= 0.6 is 11.8 Å². The van der Waals surface area contributed by atoms with Crippen molar-refractivity contribution in [2.75, 3.05) is 31.2 Å². The first kappa shape index (κ1) is 20.9. The summed E-state index contributed by atoms with van der Waals surface area (Å²) >= 11 is 1.50. The van der Waals surface area contributed by atoms with Gasteiger partial charge in [-0.05, 0) is 38.3 Å². The van der Waals surface area contributed by atoms with Crippen LogP contribution in [-0.2, 0) is 11.3 Å². The molecule has 1 saturated heterocycles. The molecule has 1 fully saturated rings. The van der Waals surface area contributed by atoms with E-state index < -0.39 is 0 Å². The normalized spacial score (nSPS) is 15.9. The summed E-state index contributed by atoms with van der Waals surface area (Å²) in [7, 11) is 0. The van der Waals surface area contributed by atoms with Crippen molar-refractivity contribution in [1.82, 2.24) is 14.8 Å². The smallest absolute Gasteiger partial charge is 0.228 e. The summed E-state index contributed by atoms with van der Waals surface area (Å²) in [6, 6.07) is 6.03. The van der Waals surface area contributed by atoms with Gasteiger partial charge in [0.25, 0.3) is 0 Å². The van der Waals surface area contributed by atoms with Gasteiger partial charge in [0, 0.05) is 25.2 Å². The Bertz CT molecular complexity index is 828. The molecule has 7 heteroatoms. The number of carbonyl (C=O) groups excluding carboxylic acids is 1. The number of benzene rings is 1. The van der Waals surface area contributed by atoms with Crippen LogP contribution in [0.2, 0.25) is 0 Å². The Morgan fingerprint density at radius 3 is 2.57 bits per heavy atom. The van der Waals surface area contributed by atoms with Crippen molar-refractivity contribution in [1.29, 1.82) is 0 Å². The lowest BCUT2D eigenvalue weighted by atomic mass is 10.0. The molecule has 1 atom stereocenters. The second kappa shape index (κ2) is 9.09. The molecule has 152 valence electrons. The van der Waals surface area contributed by atoms with E-state index in [-0.39, 0.29) is 11.0 Å². The third-order valence-electron chi connectivity index (χ3n) is 4.85. The van der Waals surface area contributed by atoms with Crippen molar-refractivity contribution in [3.8, 4) is 0 Å². The van der Waals surface area contributed by atoms with Crippen molar-refractivity contribution in [2.24, 2.45) is 5.92 Å². The molecule has 1 unspecified atom stereocenters. The maximum absolute atomic E-state index is 13.1. The zero-order chi connectivity index (χ0) is 20.3. The SMILES string of the molecule is Cc1ccc(C)c(C(=O)C(C)Sc2nnc(N3CCOCC3)n2CC(C)C)c1. The number of hydrogen-bond donors (Lipinski definition) is 0. The number of morpholine rings is 1. The lowest BCUT2D eigenvalue weighted by Crippen LogP contribution is -2.38. The molecule has 0 N–H and O–H groups in total. The summed E-state index contributed by atoms with van der Waals surface area (Å²) in [4.78, 5) is 15.3. The lowest BCUT2D eigenvalue weighted by molar-refractivity contribution is 0.0993. The van der Waals surface area contributed by atoms with E-state index in [4.69, 9.17) is 4.74 Å². The van der Waals surface area contributed by atoms with E-state index in [0.717, 1.165) is 47.4 Å². The van der Waals surface area contributed by atoms with Crippen LogP contribution in [0.1, 0.15) is 42.3 Å². The molecule has 28 heavy (non-hydrogen) atoms. The highest BCUT2D eigenvalue weighted by Crippen LogP contribution is 2.29. The molecule has 0 bridgehead atoms. The first-order chi connectivity index (χ1) is 13.4. The van der Waals surface area contributed by atoms with Crippen molar-refractivity contribution in [3.63, 3.8) is 0 Å². The van der Waals surface area contributed by atoms with E-state index in [2.05, 4.69) is 33.5 Å². The monoisotopic (exact) mass is 402 g/mol. The molecule has 1 aromatic carbocycles. The molecule has 3 rings (SSSR count). The van der Waals surface area contributed by atoms with Crippen LogP contribution in [0.5, 0.6) is 0 Å². The van der Waals surface area contributed by atoms with E-state index >= 15 is 0 Å². The van der Waals surface area contributed by atoms with Gasteiger partial charge in [-0.3, -0.25) is 9.36 Å². The number of carbonyl (C=O) groups is 1. The molecule has 0 radical (unpaired) electrons. The Balaban J connectivity index is 1.83. The molecule has 1 aliphatic rings. The summed E-state index contributed by atoms with van der Waals surface area (Å²) < 4.78 is 7.63. The number of ketones is 1. The number of aryl methyl sites for hydroxylation is 2. The molecule has 2 heterocycles. The molecule has 0 saturated carbocycles. The zero-order valence-corrected chi connectivity index (χ0v) is 18.3. The molecular formula is C21H30N4O2S. The molecule has 6 nitrogen and oxygen atoms in total. The lowest BCUT2D eigenvalue weighted by Gasteiger charge is -2.28. The van der Waals surface area contributed by atoms with E-state index in [1.165, 1.54) is 11.8 Å². The van der Waals surface area contributed by atoms with Gasteiger partial charge in [-0.2, -0.15) is 0 Å². The first-order valence-electron chi connectivity index (χ1n) is 9.91. The average Bonchev–Trinajstić information content (AvgIpc) is 3.05. The molecule has 0 amide bonds. The molecule has 1 aliphatic heterocycles. The van der Waals surface area contributed by atoms with Gasteiger partial charge in [-0.25, -0.2) is 0 Å². The van der Waals surface area contributed by atoms with Gasteiger partial charge in [-0.15, -0.1) is 10.2 Å². The second-order valence-corrected chi connectivity index (χ2v) is 9.14. The fraction of sp³-hybridized carbons (Fsp3) is 0.571. The highest BCUT2D eigenvalue weighted by molar-refractivity contribution is 8.00. The summed E-state index contributed by atoms with van der Waals surface area (Å²) in [5.41, 5.74) is 2.91. The van der Waals surface area contributed by atoms with Crippen LogP contribution in [0.3, 0.4) is 0 Å². The van der Waals surface area contributed by atoms with Gasteiger partial charge in [0.2, 0.25) is 5.95 Å². The predicted molar refractivity (Wildman–Crippen MR) is 113 cm³/mol. The fourth-order valence-electron chi connectivity index (χ4n) is 3.32. The van der Waals surface area contributed by atoms with Gasteiger partial charge < -0.3 is 9.64 Å². The number of thioether (sulfide) groups is 1. The molecular weight excluding hydrogens is 372 g/mol. The highest BCUT2D eigenvalue weighted by Gasteiger charge is 2.25. The summed E-state index contributed by atoms with van der Waals surface area (Å²) in [6.45, 7) is 14.2. The number of nitrogens with zero attached hydrogens (tertiary/aromatic N) is 4. The maximum Gasteiger partial charge on any atom is 0.228 e. The van der Waals surface area contributed by atoms with Crippen LogP contribution in [0.25, 0.3) is 0 Å². The second-order valence-electron chi connectivity index (χ2n) is 7.83. The minimum atomic E-state index is -0.229. The van der Waals surface area contributed by atoms with Crippen LogP contribution in [0.4, 0.5) is 5.95 Å². The van der Waals surface area contributed by atoms with Gasteiger partial charge in [-0.1, -0.05) is 43.3 Å². The number of anilines is 1. The number of aromatic nitrogens is 3. The number of Topliss-reactive ketones (excluding diaryl/α,β-unsaturated/α-hetero) is 1. The summed E-state index contributed by atoms with van der Waals surface area (Å²) in [5, 5.41) is 9.48. The van der Waals surface area contributed by atoms with Crippen molar-refractivity contribution in [3.05, 3.63) is 34.9 Å². The topological polar surface area (TPSA) is 60.3 Å². The molecule has 1 aromatic heterocycles. The predicted octanol–water partition coefficient (Wildman–Crippen LogP) is 3.75.